The third-order valence-corrected chi connectivity index (χ3v) is 4.46. The van der Waals surface area contributed by atoms with E-state index in [4.69, 9.17) is 4.74 Å². The zero-order valence-corrected chi connectivity index (χ0v) is 11.8. The quantitative estimate of drug-likeness (QED) is 0.882. The Kier molecular flexibility index (Phi) is 3.92. The molecule has 3 fully saturated rings. The molecule has 4 rings (SSSR count). The summed E-state index contributed by atoms with van der Waals surface area (Å²) in [5, 5.41) is 10.5. The van der Waals surface area contributed by atoms with Crippen LogP contribution in [0, 0.1) is 5.82 Å². The van der Waals surface area contributed by atoms with Gasteiger partial charge >= 0.3 is 0 Å². The van der Waals surface area contributed by atoms with E-state index < -0.39 is 6.10 Å². The zero-order chi connectivity index (χ0) is 14.1. The van der Waals surface area contributed by atoms with Gasteiger partial charge in [-0.25, -0.2) is 4.39 Å². The smallest absolute Gasteiger partial charge is 0.168 e. The maximum atomic E-state index is 14.1. The van der Waals surface area contributed by atoms with Crippen LogP contribution in [0.25, 0.3) is 0 Å². The second-order valence-electron chi connectivity index (χ2n) is 5.61. The summed E-state index contributed by atoms with van der Waals surface area (Å²) in [4.78, 5) is 4.69. The lowest BCUT2D eigenvalue weighted by molar-refractivity contribution is -0.0455. The number of ether oxygens (including phenoxy) is 1. The van der Waals surface area contributed by atoms with E-state index in [1.165, 1.54) is 7.11 Å². The predicted molar refractivity (Wildman–Crippen MR) is 74.5 cm³/mol. The Morgan fingerprint density at radius 2 is 2.10 bits per heavy atom. The number of halogens is 1. The molecule has 110 valence electrons. The molecule has 0 saturated carbocycles. The molecule has 0 amide bonds. The number of rotatable bonds is 4. The fraction of sp³-hybridized carbons (Fsp3) is 0.600. The molecule has 3 saturated heterocycles. The van der Waals surface area contributed by atoms with E-state index in [-0.39, 0.29) is 17.6 Å². The van der Waals surface area contributed by atoms with Gasteiger partial charge in [-0.3, -0.25) is 9.80 Å². The third-order valence-electron chi connectivity index (χ3n) is 4.46. The van der Waals surface area contributed by atoms with E-state index in [2.05, 4.69) is 9.80 Å². The van der Waals surface area contributed by atoms with Gasteiger partial charge in [-0.2, -0.15) is 0 Å². The molecule has 2 atom stereocenters. The molecular weight excluding hydrogens is 259 g/mol. The molecule has 0 aromatic heterocycles. The van der Waals surface area contributed by atoms with Crippen molar-refractivity contribution in [3.63, 3.8) is 0 Å². The topological polar surface area (TPSA) is 35.9 Å². The molecule has 2 bridgehead atoms. The van der Waals surface area contributed by atoms with Crippen LogP contribution in [0.2, 0.25) is 0 Å². The average Bonchev–Trinajstić information content (AvgIpc) is 2.50. The molecule has 5 heteroatoms. The zero-order valence-electron chi connectivity index (χ0n) is 11.8. The van der Waals surface area contributed by atoms with Crippen LogP contribution in [0.4, 0.5) is 4.39 Å². The van der Waals surface area contributed by atoms with E-state index in [1.54, 1.807) is 18.2 Å². The summed E-state index contributed by atoms with van der Waals surface area (Å²) < 4.78 is 19.1. The number of hydrogen-bond acceptors (Lipinski definition) is 4. The highest BCUT2D eigenvalue weighted by Gasteiger charge is 2.36. The number of nitrogens with zero attached hydrogens (tertiary/aromatic N) is 2. The van der Waals surface area contributed by atoms with Crippen molar-refractivity contribution in [3.05, 3.63) is 29.6 Å². The van der Waals surface area contributed by atoms with Crippen molar-refractivity contribution in [3.8, 4) is 5.75 Å². The van der Waals surface area contributed by atoms with Crippen molar-refractivity contribution in [2.24, 2.45) is 0 Å². The Bertz CT molecular complexity index is 475. The number of methoxy groups -OCH3 is 1. The predicted octanol–water partition coefficient (Wildman–Crippen LogP) is 0.737. The van der Waals surface area contributed by atoms with Gasteiger partial charge < -0.3 is 9.84 Å². The lowest BCUT2D eigenvalue weighted by Gasteiger charge is -2.49. The minimum absolute atomic E-state index is 0.114. The molecule has 4 nitrogen and oxygen atoms in total. The number of piperazine rings is 3. The SMILES string of the molecule is COc1cccc(CC(O)C2CN3CCN2CC3)c1F. The summed E-state index contributed by atoms with van der Waals surface area (Å²) >= 11 is 0. The van der Waals surface area contributed by atoms with Crippen LogP contribution < -0.4 is 4.74 Å². The van der Waals surface area contributed by atoms with Crippen molar-refractivity contribution in [2.45, 2.75) is 18.6 Å². The first-order valence-corrected chi connectivity index (χ1v) is 7.15. The van der Waals surface area contributed by atoms with E-state index in [0.717, 1.165) is 32.7 Å². The molecule has 1 aromatic rings. The highest BCUT2D eigenvalue weighted by molar-refractivity contribution is 5.31. The second kappa shape index (κ2) is 5.68. The lowest BCUT2D eigenvalue weighted by atomic mass is 9.96. The van der Waals surface area contributed by atoms with E-state index in [9.17, 15) is 9.50 Å². The number of aliphatic hydroxyl groups is 1. The summed E-state index contributed by atoms with van der Waals surface area (Å²) in [5.41, 5.74) is 0.523. The molecule has 1 aromatic carbocycles. The number of hydrogen-bond donors (Lipinski definition) is 1. The number of aliphatic hydroxyl groups excluding tert-OH is 1. The van der Waals surface area contributed by atoms with Crippen molar-refractivity contribution in [1.82, 2.24) is 9.80 Å². The Morgan fingerprint density at radius 3 is 2.70 bits per heavy atom. The van der Waals surface area contributed by atoms with Gasteiger partial charge in [-0.15, -0.1) is 0 Å². The Labute approximate surface area is 118 Å². The monoisotopic (exact) mass is 280 g/mol. The van der Waals surface area contributed by atoms with Crippen molar-refractivity contribution in [2.75, 3.05) is 39.8 Å². The molecule has 3 aliphatic rings. The first-order chi connectivity index (χ1) is 9.69. The van der Waals surface area contributed by atoms with Crippen LogP contribution in [0.1, 0.15) is 5.56 Å². The molecule has 3 heterocycles. The van der Waals surface area contributed by atoms with E-state index >= 15 is 0 Å². The molecule has 0 spiro atoms. The van der Waals surface area contributed by atoms with Gasteiger partial charge in [0, 0.05) is 45.2 Å². The normalized spacial score (nSPS) is 30.2. The van der Waals surface area contributed by atoms with Gasteiger partial charge in [-0.1, -0.05) is 12.1 Å². The Hall–Kier alpha value is -1.17. The minimum Gasteiger partial charge on any atom is -0.494 e. The fourth-order valence-corrected chi connectivity index (χ4v) is 3.26. The van der Waals surface area contributed by atoms with Gasteiger partial charge in [0.05, 0.1) is 13.2 Å². The number of fused-ring (bicyclic) bond motifs is 3. The summed E-state index contributed by atoms with van der Waals surface area (Å²) in [6, 6.07) is 5.20. The maximum absolute atomic E-state index is 14.1. The van der Waals surface area contributed by atoms with Crippen molar-refractivity contribution >= 4 is 0 Å². The summed E-state index contributed by atoms with van der Waals surface area (Å²) in [6.07, 6.45) is -0.211. The van der Waals surface area contributed by atoms with Gasteiger partial charge in [0.1, 0.15) is 0 Å². The molecule has 0 radical (unpaired) electrons. The summed E-state index contributed by atoms with van der Waals surface area (Å²) in [5.74, 6) is -0.116. The Balaban J connectivity index is 1.71. The van der Waals surface area contributed by atoms with E-state index in [0.29, 0.717) is 12.0 Å². The summed E-state index contributed by atoms with van der Waals surface area (Å²) in [7, 11) is 1.46. The van der Waals surface area contributed by atoms with Crippen LogP contribution in [0.5, 0.6) is 5.75 Å². The van der Waals surface area contributed by atoms with Gasteiger partial charge in [0.15, 0.2) is 11.6 Å². The van der Waals surface area contributed by atoms with E-state index in [1.807, 2.05) is 0 Å². The maximum Gasteiger partial charge on any atom is 0.168 e. The first kappa shape index (κ1) is 13.8. The van der Waals surface area contributed by atoms with Crippen LogP contribution in [0.3, 0.4) is 0 Å². The largest absolute Gasteiger partial charge is 0.494 e. The molecule has 20 heavy (non-hydrogen) atoms. The molecule has 3 aliphatic heterocycles. The van der Waals surface area contributed by atoms with Crippen LogP contribution in [-0.2, 0) is 6.42 Å². The molecule has 0 aliphatic carbocycles. The Morgan fingerprint density at radius 1 is 1.35 bits per heavy atom. The molecule has 1 N–H and O–H groups in total. The van der Waals surface area contributed by atoms with Gasteiger partial charge in [0.2, 0.25) is 0 Å². The van der Waals surface area contributed by atoms with Gasteiger partial charge in [-0.05, 0) is 11.6 Å². The van der Waals surface area contributed by atoms with Crippen molar-refractivity contribution in [1.29, 1.82) is 0 Å². The number of benzene rings is 1. The van der Waals surface area contributed by atoms with Crippen LogP contribution >= 0.6 is 0 Å². The molecular formula is C15H21FN2O2. The highest BCUT2D eigenvalue weighted by Crippen LogP contribution is 2.24. The third kappa shape index (κ3) is 2.53. The summed E-state index contributed by atoms with van der Waals surface area (Å²) in [6.45, 7) is 5.05. The first-order valence-electron chi connectivity index (χ1n) is 7.15. The van der Waals surface area contributed by atoms with Gasteiger partial charge in [0.25, 0.3) is 0 Å². The standard InChI is InChI=1S/C15H21FN2O2/c1-20-14-4-2-3-11(15(14)16)9-13(19)12-10-17-5-7-18(12)8-6-17/h2-4,12-13,19H,5-10H2,1H3. The lowest BCUT2D eigenvalue weighted by Crippen LogP contribution is -2.64. The average molecular weight is 280 g/mol. The second-order valence-corrected chi connectivity index (χ2v) is 5.61. The highest BCUT2D eigenvalue weighted by atomic mass is 19.1. The fourth-order valence-electron chi connectivity index (χ4n) is 3.26. The molecule has 2 unspecified atom stereocenters. The minimum atomic E-state index is -0.542. The van der Waals surface area contributed by atoms with Crippen LogP contribution in [-0.4, -0.2) is 66.9 Å². The van der Waals surface area contributed by atoms with Crippen molar-refractivity contribution < 1.29 is 14.2 Å². The van der Waals surface area contributed by atoms with Crippen LogP contribution in [0.15, 0.2) is 18.2 Å².